The number of rotatable bonds is 4. The quantitative estimate of drug-likeness (QED) is 0.748. The van der Waals surface area contributed by atoms with Gasteiger partial charge in [-0.25, -0.2) is 10.1 Å². The topological polar surface area (TPSA) is 15.7 Å². The lowest BCUT2D eigenvalue weighted by Gasteiger charge is -2.25. The van der Waals surface area contributed by atoms with Crippen LogP contribution in [-0.2, 0) is 4.94 Å². The molecule has 0 saturated carbocycles. The highest BCUT2D eigenvalue weighted by molar-refractivity contribution is 5.45. The summed E-state index contributed by atoms with van der Waals surface area (Å²) >= 11 is 0. The van der Waals surface area contributed by atoms with Crippen LogP contribution in [0.15, 0.2) is 60.7 Å². The van der Waals surface area contributed by atoms with Gasteiger partial charge in [-0.3, -0.25) is 0 Å². The molecule has 0 spiro atoms. The van der Waals surface area contributed by atoms with Gasteiger partial charge in [-0.2, -0.15) is 4.94 Å². The van der Waals surface area contributed by atoms with Crippen LogP contribution in [0.3, 0.4) is 0 Å². The van der Waals surface area contributed by atoms with Crippen molar-refractivity contribution in [3.63, 3.8) is 0 Å². The smallest absolute Gasteiger partial charge is 0.0657 e. The fourth-order valence-corrected chi connectivity index (χ4v) is 1.55. The Morgan fingerprint density at radius 3 is 1.35 bits per heavy atom. The summed E-state index contributed by atoms with van der Waals surface area (Å²) in [5, 5.41) is 3.46. The highest BCUT2D eigenvalue weighted by Gasteiger charge is 2.05. The number of hydroxylamine groups is 2. The molecule has 88 valence electrons. The summed E-state index contributed by atoms with van der Waals surface area (Å²) in [6.07, 6.45) is 0. The van der Waals surface area contributed by atoms with Gasteiger partial charge in [-0.15, -0.1) is 0 Å². The molecule has 0 unspecified atom stereocenters. The third kappa shape index (κ3) is 2.98. The summed E-state index contributed by atoms with van der Waals surface area (Å²) < 4.78 is 0. The van der Waals surface area contributed by atoms with E-state index in [-0.39, 0.29) is 0 Å². The van der Waals surface area contributed by atoms with Gasteiger partial charge >= 0.3 is 0 Å². The molecule has 0 heterocycles. The molecule has 0 aliphatic carbocycles. The van der Waals surface area contributed by atoms with Crippen molar-refractivity contribution in [2.75, 3.05) is 24.2 Å². The Labute approximate surface area is 102 Å². The van der Waals surface area contributed by atoms with E-state index in [4.69, 9.17) is 4.94 Å². The molecule has 0 atom stereocenters. The van der Waals surface area contributed by atoms with Crippen LogP contribution in [0.2, 0.25) is 0 Å². The monoisotopic (exact) mass is 228 g/mol. The molecule has 0 radical (unpaired) electrons. The lowest BCUT2D eigenvalue weighted by Crippen LogP contribution is -2.29. The zero-order chi connectivity index (χ0) is 12.1. The highest BCUT2D eigenvalue weighted by atomic mass is 16.8. The second-order valence-corrected chi connectivity index (χ2v) is 3.75. The van der Waals surface area contributed by atoms with Gasteiger partial charge in [0.2, 0.25) is 0 Å². The summed E-state index contributed by atoms with van der Waals surface area (Å²) in [4.78, 5) is 5.69. The van der Waals surface area contributed by atoms with Crippen LogP contribution in [0.5, 0.6) is 0 Å². The first-order valence-corrected chi connectivity index (χ1v) is 5.53. The van der Waals surface area contributed by atoms with E-state index in [1.165, 1.54) is 0 Å². The minimum absolute atomic E-state index is 1.01. The van der Waals surface area contributed by atoms with E-state index in [2.05, 4.69) is 0 Å². The SMILES string of the molecule is CN(ON(C)c1ccccc1)c1ccccc1. The molecule has 0 fully saturated rings. The van der Waals surface area contributed by atoms with E-state index in [1.807, 2.05) is 74.8 Å². The van der Waals surface area contributed by atoms with Gasteiger partial charge in [0.25, 0.3) is 0 Å². The van der Waals surface area contributed by atoms with E-state index < -0.39 is 0 Å². The van der Waals surface area contributed by atoms with Gasteiger partial charge < -0.3 is 0 Å². The lowest BCUT2D eigenvalue weighted by atomic mass is 10.3. The van der Waals surface area contributed by atoms with Crippen molar-refractivity contribution in [3.05, 3.63) is 60.7 Å². The van der Waals surface area contributed by atoms with Gasteiger partial charge in [0, 0.05) is 14.1 Å². The minimum Gasteiger partial charge on any atom is -0.232 e. The molecule has 0 N–H and O–H groups in total. The predicted octanol–water partition coefficient (Wildman–Crippen LogP) is 3.11. The molecule has 0 aliphatic rings. The van der Waals surface area contributed by atoms with E-state index in [1.54, 1.807) is 10.1 Å². The molecule has 2 aromatic carbocycles. The summed E-state index contributed by atoms with van der Waals surface area (Å²) in [7, 11) is 3.77. The highest BCUT2D eigenvalue weighted by Crippen LogP contribution is 2.16. The number of hydrogen-bond acceptors (Lipinski definition) is 3. The number of anilines is 2. The first-order chi connectivity index (χ1) is 8.27. The molecular formula is C14H16N2O. The Morgan fingerprint density at radius 1 is 0.647 bits per heavy atom. The molecule has 0 aliphatic heterocycles. The van der Waals surface area contributed by atoms with Crippen LogP contribution < -0.4 is 10.1 Å². The third-order valence-electron chi connectivity index (χ3n) is 2.48. The maximum Gasteiger partial charge on any atom is 0.0657 e. The molecule has 3 nitrogen and oxygen atoms in total. The molecule has 0 aromatic heterocycles. The molecule has 3 heteroatoms. The van der Waals surface area contributed by atoms with Crippen molar-refractivity contribution >= 4 is 11.4 Å². The Bertz CT molecular complexity index is 401. The van der Waals surface area contributed by atoms with Crippen LogP contribution in [0, 0.1) is 0 Å². The van der Waals surface area contributed by atoms with Gasteiger partial charge in [0.15, 0.2) is 0 Å². The van der Waals surface area contributed by atoms with Crippen molar-refractivity contribution in [2.24, 2.45) is 0 Å². The third-order valence-corrected chi connectivity index (χ3v) is 2.48. The Hall–Kier alpha value is -2.00. The predicted molar refractivity (Wildman–Crippen MR) is 70.8 cm³/mol. The standard InChI is InChI=1S/C14H16N2O/c1-15(13-9-5-3-6-10-13)17-16(2)14-11-7-4-8-12-14/h3-12H,1-2H3. The Morgan fingerprint density at radius 2 is 1.00 bits per heavy atom. The number of para-hydroxylation sites is 2. The maximum atomic E-state index is 5.69. The zero-order valence-corrected chi connectivity index (χ0v) is 10.1. The molecule has 2 rings (SSSR count). The fourth-order valence-electron chi connectivity index (χ4n) is 1.55. The van der Waals surface area contributed by atoms with Gasteiger partial charge in [-0.1, -0.05) is 36.4 Å². The van der Waals surface area contributed by atoms with E-state index in [0.717, 1.165) is 11.4 Å². The molecular weight excluding hydrogens is 212 g/mol. The normalized spacial score (nSPS) is 10.0. The summed E-state index contributed by atoms with van der Waals surface area (Å²) in [5.74, 6) is 0. The molecule has 0 bridgehead atoms. The van der Waals surface area contributed by atoms with Crippen LogP contribution in [-0.4, -0.2) is 14.1 Å². The van der Waals surface area contributed by atoms with Crippen LogP contribution in [0.25, 0.3) is 0 Å². The molecule has 17 heavy (non-hydrogen) atoms. The van der Waals surface area contributed by atoms with Crippen molar-refractivity contribution < 1.29 is 4.94 Å². The minimum atomic E-state index is 1.01. The van der Waals surface area contributed by atoms with Crippen LogP contribution >= 0.6 is 0 Å². The summed E-state index contributed by atoms with van der Waals surface area (Å²) in [5.41, 5.74) is 2.02. The van der Waals surface area contributed by atoms with E-state index in [0.29, 0.717) is 0 Å². The number of benzene rings is 2. The van der Waals surface area contributed by atoms with Crippen molar-refractivity contribution in [1.82, 2.24) is 0 Å². The van der Waals surface area contributed by atoms with Gasteiger partial charge in [-0.05, 0) is 24.3 Å². The summed E-state index contributed by atoms with van der Waals surface area (Å²) in [6, 6.07) is 19.9. The fraction of sp³-hybridized carbons (Fsp3) is 0.143. The maximum absolute atomic E-state index is 5.69. The molecule has 0 saturated heterocycles. The van der Waals surface area contributed by atoms with Crippen molar-refractivity contribution in [2.45, 2.75) is 0 Å². The average molecular weight is 228 g/mol. The lowest BCUT2D eigenvalue weighted by molar-refractivity contribution is 0.109. The zero-order valence-electron chi connectivity index (χ0n) is 10.1. The van der Waals surface area contributed by atoms with Gasteiger partial charge in [0.05, 0.1) is 11.4 Å². The Kier molecular flexibility index (Phi) is 3.62. The number of hydrogen-bond donors (Lipinski definition) is 0. The number of nitrogens with zero attached hydrogens (tertiary/aromatic N) is 2. The van der Waals surface area contributed by atoms with Gasteiger partial charge in [0.1, 0.15) is 0 Å². The van der Waals surface area contributed by atoms with Crippen molar-refractivity contribution in [3.8, 4) is 0 Å². The van der Waals surface area contributed by atoms with Crippen LogP contribution in [0.4, 0.5) is 11.4 Å². The molecule has 2 aromatic rings. The van der Waals surface area contributed by atoms with E-state index >= 15 is 0 Å². The second kappa shape index (κ2) is 5.37. The van der Waals surface area contributed by atoms with Crippen molar-refractivity contribution in [1.29, 1.82) is 0 Å². The first-order valence-electron chi connectivity index (χ1n) is 5.53. The van der Waals surface area contributed by atoms with E-state index in [9.17, 15) is 0 Å². The average Bonchev–Trinajstić information content (AvgIpc) is 2.40. The first kappa shape index (κ1) is 11.5. The molecule has 0 amide bonds. The Balaban J connectivity index is 2.02. The van der Waals surface area contributed by atoms with Crippen LogP contribution in [0.1, 0.15) is 0 Å². The summed E-state index contributed by atoms with van der Waals surface area (Å²) in [6.45, 7) is 0. The largest absolute Gasteiger partial charge is 0.232 e. The second-order valence-electron chi connectivity index (χ2n) is 3.75.